The zero-order chi connectivity index (χ0) is 16.8. The maximum atomic E-state index is 11.1. The van der Waals surface area contributed by atoms with E-state index in [1.54, 1.807) is 39.8 Å². The van der Waals surface area contributed by atoms with Crippen LogP contribution in [0.15, 0.2) is 17.0 Å². The Hall–Kier alpha value is -1.40. The lowest BCUT2D eigenvalue weighted by Gasteiger charge is -2.19. The van der Waals surface area contributed by atoms with Gasteiger partial charge >= 0.3 is 5.97 Å². The highest BCUT2D eigenvalue weighted by molar-refractivity contribution is 7.98. The molecule has 0 aromatic heterocycles. The van der Waals surface area contributed by atoms with Crippen LogP contribution in [0.5, 0.6) is 11.5 Å². The Morgan fingerprint density at radius 2 is 1.86 bits per heavy atom. The van der Waals surface area contributed by atoms with Crippen LogP contribution in [0.2, 0.25) is 0 Å². The fourth-order valence-electron chi connectivity index (χ4n) is 1.96. The van der Waals surface area contributed by atoms with Crippen molar-refractivity contribution in [3.8, 4) is 11.5 Å². The van der Waals surface area contributed by atoms with Crippen LogP contribution in [0.3, 0.4) is 0 Å². The summed E-state index contributed by atoms with van der Waals surface area (Å²) in [6, 6.07) is 3.92. The summed E-state index contributed by atoms with van der Waals surface area (Å²) in [5, 5.41) is 12.4. The number of nitrogens with one attached hydrogen (secondary N) is 1. The van der Waals surface area contributed by atoms with Crippen molar-refractivity contribution in [2.45, 2.75) is 31.7 Å². The van der Waals surface area contributed by atoms with Gasteiger partial charge in [-0.05, 0) is 50.8 Å². The summed E-state index contributed by atoms with van der Waals surface area (Å²) in [6.45, 7) is 4.77. The summed E-state index contributed by atoms with van der Waals surface area (Å²) in [4.78, 5) is 12.2. The normalized spacial score (nSPS) is 11.3. The zero-order valence-corrected chi connectivity index (χ0v) is 14.7. The molecule has 5 nitrogen and oxygen atoms in total. The van der Waals surface area contributed by atoms with Crippen molar-refractivity contribution in [3.63, 3.8) is 0 Å². The predicted octanol–water partition coefficient (Wildman–Crippen LogP) is 3.02. The van der Waals surface area contributed by atoms with Crippen molar-refractivity contribution in [1.29, 1.82) is 0 Å². The van der Waals surface area contributed by atoms with Crippen LogP contribution in [0.25, 0.3) is 0 Å². The first-order valence-corrected chi connectivity index (χ1v) is 8.31. The van der Waals surface area contributed by atoms with E-state index in [4.69, 9.17) is 14.6 Å². The number of thioether (sulfide) groups is 1. The number of carboxylic acid groups (broad SMARTS) is 1. The van der Waals surface area contributed by atoms with Crippen LogP contribution < -0.4 is 14.8 Å². The molecule has 1 rings (SSSR count). The molecule has 1 aromatic carbocycles. The standard InChI is InChI=1S/C16H25NO4S/c1-16(2,15(18)19)6-7-17-10-11-8-12(20-3)13(21-4)9-14(11)22-5/h8-9,17H,6-7,10H2,1-5H3,(H,18,19). The second-order valence-electron chi connectivity index (χ2n) is 5.63. The van der Waals surface area contributed by atoms with Gasteiger partial charge in [0, 0.05) is 11.4 Å². The number of benzene rings is 1. The van der Waals surface area contributed by atoms with Crippen LogP contribution in [0.1, 0.15) is 25.8 Å². The molecule has 0 heterocycles. The molecule has 0 bridgehead atoms. The minimum atomic E-state index is -0.773. The molecule has 0 aliphatic carbocycles. The Balaban J connectivity index is 2.71. The minimum Gasteiger partial charge on any atom is -0.493 e. The third kappa shape index (κ3) is 4.81. The van der Waals surface area contributed by atoms with Gasteiger partial charge in [0.1, 0.15) is 0 Å². The van der Waals surface area contributed by atoms with E-state index in [-0.39, 0.29) is 0 Å². The van der Waals surface area contributed by atoms with Gasteiger partial charge in [0.25, 0.3) is 0 Å². The summed E-state index contributed by atoms with van der Waals surface area (Å²) in [5.41, 5.74) is 0.394. The number of methoxy groups -OCH3 is 2. The molecule has 6 heteroatoms. The van der Waals surface area contributed by atoms with Gasteiger partial charge < -0.3 is 19.9 Å². The van der Waals surface area contributed by atoms with E-state index in [0.29, 0.717) is 31.0 Å². The fourth-order valence-corrected chi connectivity index (χ4v) is 2.58. The van der Waals surface area contributed by atoms with Gasteiger partial charge in [-0.25, -0.2) is 0 Å². The van der Waals surface area contributed by atoms with E-state index in [0.717, 1.165) is 10.5 Å². The van der Waals surface area contributed by atoms with E-state index in [1.165, 1.54) is 0 Å². The molecule has 0 fully saturated rings. The minimum absolute atomic E-state index is 0.574. The molecule has 1 aromatic rings. The van der Waals surface area contributed by atoms with Gasteiger partial charge in [0.05, 0.1) is 19.6 Å². The second kappa shape index (κ2) is 8.29. The van der Waals surface area contributed by atoms with E-state index in [9.17, 15) is 4.79 Å². The van der Waals surface area contributed by atoms with E-state index < -0.39 is 11.4 Å². The molecule has 0 unspecified atom stereocenters. The van der Waals surface area contributed by atoms with Gasteiger partial charge in [0.15, 0.2) is 11.5 Å². The number of hydrogen-bond acceptors (Lipinski definition) is 5. The third-order valence-electron chi connectivity index (χ3n) is 3.61. The summed E-state index contributed by atoms with van der Waals surface area (Å²) in [5.74, 6) is 0.635. The van der Waals surface area contributed by atoms with E-state index >= 15 is 0 Å². The lowest BCUT2D eigenvalue weighted by atomic mass is 9.90. The number of carboxylic acids is 1. The number of hydrogen-bond donors (Lipinski definition) is 2. The third-order valence-corrected chi connectivity index (χ3v) is 4.43. The molecule has 0 aliphatic rings. The maximum absolute atomic E-state index is 11.1. The van der Waals surface area contributed by atoms with Crippen LogP contribution in [-0.4, -0.2) is 38.1 Å². The van der Waals surface area contributed by atoms with Gasteiger partial charge in [-0.1, -0.05) is 0 Å². The smallest absolute Gasteiger partial charge is 0.309 e. The molecule has 0 saturated carbocycles. The SMILES string of the molecule is COc1cc(CNCCC(C)(C)C(=O)O)c(SC)cc1OC. The number of carbonyl (C=O) groups is 1. The van der Waals surface area contributed by atoms with Gasteiger partial charge in [-0.3, -0.25) is 4.79 Å². The second-order valence-corrected chi connectivity index (χ2v) is 6.48. The van der Waals surface area contributed by atoms with Crippen molar-refractivity contribution in [2.75, 3.05) is 27.0 Å². The first-order valence-electron chi connectivity index (χ1n) is 7.08. The lowest BCUT2D eigenvalue weighted by Crippen LogP contribution is -2.28. The van der Waals surface area contributed by atoms with Crippen LogP contribution in [-0.2, 0) is 11.3 Å². The van der Waals surface area contributed by atoms with E-state index in [1.807, 2.05) is 18.4 Å². The van der Waals surface area contributed by atoms with Crippen molar-refractivity contribution in [2.24, 2.45) is 5.41 Å². The molecular weight excluding hydrogens is 302 g/mol. The molecule has 0 radical (unpaired) electrons. The highest BCUT2D eigenvalue weighted by Gasteiger charge is 2.26. The highest BCUT2D eigenvalue weighted by atomic mass is 32.2. The molecular formula is C16H25NO4S. The molecule has 0 atom stereocenters. The Morgan fingerprint density at radius 1 is 1.27 bits per heavy atom. The average Bonchev–Trinajstić information content (AvgIpc) is 2.50. The van der Waals surface area contributed by atoms with Crippen LogP contribution >= 0.6 is 11.8 Å². The summed E-state index contributed by atoms with van der Waals surface area (Å²) in [6.07, 6.45) is 2.59. The maximum Gasteiger partial charge on any atom is 0.309 e. The fraction of sp³-hybridized carbons (Fsp3) is 0.562. The Bertz CT molecular complexity index is 517. The Labute approximate surface area is 136 Å². The first-order chi connectivity index (χ1) is 10.4. The van der Waals surface area contributed by atoms with Crippen LogP contribution in [0.4, 0.5) is 0 Å². The number of ether oxygens (including phenoxy) is 2. The molecule has 0 amide bonds. The summed E-state index contributed by atoms with van der Waals surface area (Å²) < 4.78 is 10.6. The van der Waals surface area contributed by atoms with Gasteiger partial charge in [0.2, 0.25) is 0 Å². The number of aliphatic carboxylic acids is 1. The molecule has 22 heavy (non-hydrogen) atoms. The molecule has 0 aliphatic heterocycles. The quantitative estimate of drug-likeness (QED) is 0.537. The topological polar surface area (TPSA) is 67.8 Å². The largest absolute Gasteiger partial charge is 0.493 e. The number of rotatable bonds is 9. The molecule has 0 spiro atoms. The van der Waals surface area contributed by atoms with Crippen molar-refractivity contribution in [3.05, 3.63) is 17.7 Å². The zero-order valence-electron chi connectivity index (χ0n) is 13.9. The average molecular weight is 327 g/mol. The van der Waals surface area contributed by atoms with Crippen molar-refractivity contribution in [1.82, 2.24) is 5.32 Å². The highest BCUT2D eigenvalue weighted by Crippen LogP contribution is 2.34. The Morgan fingerprint density at radius 3 is 2.36 bits per heavy atom. The summed E-state index contributed by atoms with van der Waals surface area (Å²) >= 11 is 1.64. The molecule has 0 saturated heterocycles. The first kappa shape index (κ1) is 18.6. The Kier molecular flexibility index (Phi) is 7.03. The van der Waals surface area contributed by atoms with Gasteiger partial charge in [-0.2, -0.15) is 0 Å². The summed E-state index contributed by atoms with van der Waals surface area (Å²) in [7, 11) is 3.23. The molecule has 2 N–H and O–H groups in total. The lowest BCUT2D eigenvalue weighted by molar-refractivity contribution is -0.147. The molecule has 124 valence electrons. The van der Waals surface area contributed by atoms with Crippen molar-refractivity contribution < 1.29 is 19.4 Å². The van der Waals surface area contributed by atoms with E-state index in [2.05, 4.69) is 5.32 Å². The van der Waals surface area contributed by atoms with Crippen molar-refractivity contribution >= 4 is 17.7 Å². The monoisotopic (exact) mass is 327 g/mol. The predicted molar refractivity (Wildman–Crippen MR) is 89.1 cm³/mol. The van der Waals surface area contributed by atoms with Crippen LogP contribution in [0, 0.1) is 5.41 Å². The van der Waals surface area contributed by atoms with Gasteiger partial charge in [-0.15, -0.1) is 11.8 Å².